The van der Waals surface area contributed by atoms with Crippen LogP contribution in [0.1, 0.15) is 10.5 Å². The number of carbonyl (C=O) groups is 1. The summed E-state index contributed by atoms with van der Waals surface area (Å²) < 4.78 is 33.4. The van der Waals surface area contributed by atoms with Crippen LogP contribution in [0.4, 0.5) is 0 Å². The lowest BCUT2D eigenvalue weighted by Crippen LogP contribution is -2.20. The Hall–Kier alpha value is -2.51. The van der Waals surface area contributed by atoms with Crippen molar-refractivity contribution in [2.75, 3.05) is 7.11 Å². The molecule has 0 N–H and O–H groups in total. The first-order chi connectivity index (χ1) is 14.7. The average Bonchev–Trinajstić information content (AvgIpc) is 3.08. The summed E-state index contributed by atoms with van der Waals surface area (Å²) in [6.07, 6.45) is 0. The summed E-state index contributed by atoms with van der Waals surface area (Å²) >= 11 is 18.3. The Bertz CT molecular complexity index is 1410. The predicted molar refractivity (Wildman–Crippen MR) is 123 cm³/mol. The number of rotatable bonds is 4. The van der Waals surface area contributed by atoms with E-state index in [1.54, 1.807) is 42.5 Å². The molecule has 0 radical (unpaired) electrons. The molecular formula is C22H14Cl3NO4S. The molecule has 4 rings (SSSR count). The molecule has 1 aromatic heterocycles. The molecule has 5 nitrogen and oxygen atoms in total. The van der Waals surface area contributed by atoms with E-state index in [1.807, 2.05) is 6.07 Å². The number of carbonyl (C=O) groups excluding carboxylic acids is 1. The maximum Gasteiger partial charge on any atom is 0.356 e. The minimum atomic E-state index is -4.29. The quantitative estimate of drug-likeness (QED) is 0.313. The van der Waals surface area contributed by atoms with Crippen molar-refractivity contribution >= 4 is 61.7 Å². The van der Waals surface area contributed by atoms with E-state index >= 15 is 0 Å². The van der Waals surface area contributed by atoms with E-state index in [0.717, 1.165) is 3.97 Å². The zero-order valence-corrected chi connectivity index (χ0v) is 19.1. The third-order valence-electron chi connectivity index (χ3n) is 4.70. The second-order valence-corrected chi connectivity index (χ2v) is 9.71. The summed E-state index contributed by atoms with van der Waals surface area (Å²) in [7, 11) is -3.10. The van der Waals surface area contributed by atoms with Gasteiger partial charge in [-0.1, -0.05) is 65.1 Å². The molecule has 0 bridgehead atoms. The highest BCUT2D eigenvalue weighted by Crippen LogP contribution is 2.39. The van der Waals surface area contributed by atoms with Gasteiger partial charge in [-0.3, -0.25) is 0 Å². The van der Waals surface area contributed by atoms with Gasteiger partial charge in [-0.05, 0) is 42.0 Å². The SMILES string of the molecule is COC(=O)c1c(-c2ccccc2)c2cc(Cl)ccc2n1S(=O)(=O)c1cc(Cl)cc(Cl)c1. The number of methoxy groups -OCH3 is 1. The van der Waals surface area contributed by atoms with Crippen LogP contribution in [0, 0.1) is 0 Å². The average molecular weight is 495 g/mol. The zero-order chi connectivity index (χ0) is 22.3. The van der Waals surface area contributed by atoms with Crippen molar-refractivity contribution in [3.05, 3.63) is 87.5 Å². The van der Waals surface area contributed by atoms with E-state index in [4.69, 9.17) is 39.5 Å². The maximum atomic E-state index is 13.7. The molecule has 0 saturated carbocycles. The predicted octanol–water partition coefficient (Wildman–Crippen LogP) is 6.29. The summed E-state index contributed by atoms with van der Waals surface area (Å²) in [5.41, 5.74) is 1.14. The molecule has 3 aromatic carbocycles. The van der Waals surface area contributed by atoms with Gasteiger partial charge in [-0.25, -0.2) is 17.2 Å². The Labute approximate surface area is 193 Å². The first-order valence-electron chi connectivity index (χ1n) is 8.93. The van der Waals surface area contributed by atoms with Crippen LogP contribution in [0.5, 0.6) is 0 Å². The molecule has 4 aromatic rings. The number of aromatic nitrogens is 1. The molecule has 158 valence electrons. The largest absolute Gasteiger partial charge is 0.464 e. The third-order valence-corrected chi connectivity index (χ3v) is 7.07. The Balaban J connectivity index is 2.19. The molecule has 1 heterocycles. The number of halogens is 3. The highest BCUT2D eigenvalue weighted by atomic mass is 35.5. The zero-order valence-electron chi connectivity index (χ0n) is 16.0. The van der Waals surface area contributed by atoms with Gasteiger partial charge in [0.05, 0.1) is 17.5 Å². The van der Waals surface area contributed by atoms with Crippen LogP contribution in [-0.2, 0) is 14.8 Å². The normalized spacial score (nSPS) is 11.6. The minimum absolute atomic E-state index is 0.147. The first kappa shape index (κ1) is 21.7. The van der Waals surface area contributed by atoms with E-state index in [-0.39, 0.29) is 26.2 Å². The molecular weight excluding hydrogens is 481 g/mol. The van der Waals surface area contributed by atoms with E-state index in [2.05, 4.69) is 0 Å². The second-order valence-electron chi connectivity index (χ2n) is 6.62. The van der Waals surface area contributed by atoms with E-state index in [0.29, 0.717) is 21.5 Å². The van der Waals surface area contributed by atoms with Gasteiger partial charge in [0, 0.05) is 26.0 Å². The number of esters is 1. The summed E-state index contributed by atoms with van der Waals surface area (Å²) in [6, 6.07) is 17.6. The smallest absolute Gasteiger partial charge is 0.356 e. The topological polar surface area (TPSA) is 65.4 Å². The molecule has 31 heavy (non-hydrogen) atoms. The van der Waals surface area contributed by atoms with Gasteiger partial charge in [0.25, 0.3) is 10.0 Å². The van der Waals surface area contributed by atoms with Crippen LogP contribution in [0.25, 0.3) is 22.0 Å². The standard InChI is InChI=1S/C22H14Cl3NO4S/c1-30-22(27)21-20(13-5-3-2-4-6-13)18-12-14(23)7-8-19(18)26(21)31(28,29)17-10-15(24)9-16(25)11-17/h2-12H,1H3. The van der Waals surface area contributed by atoms with Gasteiger partial charge in [-0.2, -0.15) is 0 Å². The monoisotopic (exact) mass is 493 g/mol. The molecule has 0 aliphatic carbocycles. The molecule has 0 spiro atoms. The van der Waals surface area contributed by atoms with Crippen LogP contribution in [0.15, 0.2) is 71.6 Å². The lowest BCUT2D eigenvalue weighted by molar-refractivity contribution is 0.0594. The van der Waals surface area contributed by atoms with Gasteiger partial charge in [0.2, 0.25) is 0 Å². The second kappa shape index (κ2) is 8.20. The van der Waals surface area contributed by atoms with Crippen molar-refractivity contribution in [2.45, 2.75) is 4.90 Å². The molecule has 0 unspecified atom stereocenters. The van der Waals surface area contributed by atoms with Crippen LogP contribution < -0.4 is 0 Å². The highest BCUT2D eigenvalue weighted by molar-refractivity contribution is 7.90. The number of hydrogen-bond donors (Lipinski definition) is 0. The van der Waals surface area contributed by atoms with Gasteiger partial charge in [-0.15, -0.1) is 0 Å². The number of ether oxygens (including phenoxy) is 1. The van der Waals surface area contributed by atoms with Crippen molar-refractivity contribution in [1.82, 2.24) is 3.97 Å². The van der Waals surface area contributed by atoms with Crippen LogP contribution in [-0.4, -0.2) is 25.5 Å². The highest BCUT2D eigenvalue weighted by Gasteiger charge is 2.32. The number of nitrogens with zero attached hydrogens (tertiary/aromatic N) is 1. The van der Waals surface area contributed by atoms with Crippen molar-refractivity contribution in [1.29, 1.82) is 0 Å². The fourth-order valence-corrected chi connectivity index (χ4v) is 5.86. The number of benzene rings is 3. The summed E-state index contributed by atoms with van der Waals surface area (Å²) in [5.74, 6) is -0.817. The lowest BCUT2D eigenvalue weighted by atomic mass is 10.0. The van der Waals surface area contributed by atoms with Crippen LogP contribution >= 0.6 is 34.8 Å². The number of fused-ring (bicyclic) bond motifs is 1. The Morgan fingerprint density at radius 1 is 0.871 bits per heavy atom. The van der Waals surface area contributed by atoms with E-state index < -0.39 is 16.0 Å². The summed E-state index contributed by atoms with van der Waals surface area (Å²) in [5, 5.41) is 1.17. The molecule has 9 heteroatoms. The molecule has 0 aliphatic rings. The van der Waals surface area contributed by atoms with Crippen molar-refractivity contribution in [3.8, 4) is 11.1 Å². The Morgan fingerprint density at radius 3 is 2.13 bits per heavy atom. The van der Waals surface area contributed by atoms with Crippen molar-refractivity contribution < 1.29 is 17.9 Å². The molecule has 0 atom stereocenters. The number of hydrogen-bond acceptors (Lipinski definition) is 4. The van der Waals surface area contributed by atoms with Gasteiger partial charge >= 0.3 is 5.97 Å². The van der Waals surface area contributed by atoms with Gasteiger partial charge in [0.15, 0.2) is 5.69 Å². The fraction of sp³-hybridized carbons (Fsp3) is 0.0455. The van der Waals surface area contributed by atoms with Crippen LogP contribution in [0.2, 0.25) is 15.1 Å². The van der Waals surface area contributed by atoms with Gasteiger partial charge < -0.3 is 4.74 Å². The minimum Gasteiger partial charge on any atom is -0.464 e. The third kappa shape index (κ3) is 3.81. The van der Waals surface area contributed by atoms with E-state index in [9.17, 15) is 13.2 Å². The molecule has 0 saturated heterocycles. The molecule has 0 fully saturated rings. The van der Waals surface area contributed by atoms with Crippen molar-refractivity contribution in [3.63, 3.8) is 0 Å². The first-order valence-corrected chi connectivity index (χ1v) is 11.5. The van der Waals surface area contributed by atoms with Crippen LogP contribution in [0.3, 0.4) is 0 Å². The fourth-order valence-electron chi connectivity index (χ4n) is 3.45. The maximum absolute atomic E-state index is 13.7. The Morgan fingerprint density at radius 2 is 1.52 bits per heavy atom. The summed E-state index contributed by atoms with van der Waals surface area (Å²) in [4.78, 5) is 12.7. The molecule has 0 aliphatic heterocycles. The summed E-state index contributed by atoms with van der Waals surface area (Å²) in [6.45, 7) is 0. The lowest BCUT2D eigenvalue weighted by Gasteiger charge is -2.12. The van der Waals surface area contributed by atoms with Gasteiger partial charge in [0.1, 0.15) is 0 Å². The molecule has 0 amide bonds. The Kier molecular flexibility index (Phi) is 5.75. The van der Waals surface area contributed by atoms with Crippen molar-refractivity contribution in [2.24, 2.45) is 0 Å². The van der Waals surface area contributed by atoms with E-state index in [1.165, 1.54) is 25.3 Å².